The third kappa shape index (κ3) is 5.94. The van der Waals surface area contributed by atoms with Gasteiger partial charge in [0, 0.05) is 38.2 Å². The molecule has 152 valence electrons. The van der Waals surface area contributed by atoms with Gasteiger partial charge in [-0.25, -0.2) is 0 Å². The van der Waals surface area contributed by atoms with Crippen LogP contribution >= 0.6 is 0 Å². The molecule has 0 aromatic heterocycles. The summed E-state index contributed by atoms with van der Waals surface area (Å²) < 4.78 is 0. The van der Waals surface area contributed by atoms with E-state index in [0.29, 0.717) is 39.0 Å². The molecular formula is C22H31N3O3. The Morgan fingerprint density at radius 1 is 1.14 bits per heavy atom. The van der Waals surface area contributed by atoms with E-state index in [4.69, 9.17) is 0 Å². The summed E-state index contributed by atoms with van der Waals surface area (Å²) in [5.74, 6) is -0.223. The van der Waals surface area contributed by atoms with Crippen molar-refractivity contribution in [2.24, 2.45) is 5.92 Å². The predicted molar refractivity (Wildman–Crippen MR) is 110 cm³/mol. The first-order valence-corrected chi connectivity index (χ1v) is 10.1. The lowest BCUT2D eigenvalue weighted by molar-refractivity contribution is -0.141. The minimum absolute atomic E-state index is 0.0114. The number of piperidine rings is 1. The van der Waals surface area contributed by atoms with Crippen LogP contribution in [0.5, 0.6) is 0 Å². The molecular weight excluding hydrogens is 354 g/mol. The number of carbonyl (C=O) groups excluding carboxylic acids is 3. The summed E-state index contributed by atoms with van der Waals surface area (Å²) >= 11 is 0. The zero-order valence-electron chi connectivity index (χ0n) is 17.1. The van der Waals surface area contributed by atoms with Crippen molar-refractivity contribution in [1.29, 1.82) is 0 Å². The van der Waals surface area contributed by atoms with E-state index in [9.17, 15) is 14.4 Å². The minimum Gasteiger partial charge on any atom is -0.343 e. The quantitative estimate of drug-likeness (QED) is 0.733. The van der Waals surface area contributed by atoms with Crippen LogP contribution in [0.4, 0.5) is 0 Å². The molecule has 0 saturated carbocycles. The number of carbonyl (C=O) groups is 3. The second kappa shape index (κ2) is 10.6. The van der Waals surface area contributed by atoms with Gasteiger partial charge in [-0.2, -0.15) is 0 Å². The summed E-state index contributed by atoms with van der Waals surface area (Å²) in [7, 11) is 0. The van der Waals surface area contributed by atoms with Gasteiger partial charge < -0.3 is 15.1 Å². The molecule has 2 rings (SSSR count). The first kappa shape index (κ1) is 21.7. The first-order valence-electron chi connectivity index (χ1n) is 10.1. The monoisotopic (exact) mass is 385 g/mol. The second-order valence-electron chi connectivity index (χ2n) is 7.08. The standard InChI is InChI=1S/C22H31N3O3/c1-4-24(5-2)22(28)19-13-15-25(16-14-19)21(27)17(3)23-20(26)12-11-18-9-7-6-8-10-18/h6-12,17,19H,4-5,13-16H2,1-3H3,(H,23,26)/b12-11+. The Balaban J connectivity index is 1.81. The van der Waals surface area contributed by atoms with Gasteiger partial charge in [0.1, 0.15) is 6.04 Å². The van der Waals surface area contributed by atoms with Crippen LogP contribution < -0.4 is 5.32 Å². The van der Waals surface area contributed by atoms with Crippen LogP contribution in [0.3, 0.4) is 0 Å². The molecule has 1 aromatic rings. The number of nitrogens with zero attached hydrogens (tertiary/aromatic N) is 2. The van der Waals surface area contributed by atoms with E-state index < -0.39 is 6.04 Å². The van der Waals surface area contributed by atoms with Gasteiger partial charge in [-0.05, 0) is 45.3 Å². The fourth-order valence-electron chi connectivity index (χ4n) is 3.47. The SMILES string of the molecule is CCN(CC)C(=O)C1CCN(C(=O)C(C)NC(=O)/C=C/c2ccccc2)CC1. The number of benzene rings is 1. The highest BCUT2D eigenvalue weighted by atomic mass is 16.2. The van der Waals surface area contributed by atoms with Gasteiger partial charge in [-0.15, -0.1) is 0 Å². The molecule has 6 nitrogen and oxygen atoms in total. The molecule has 0 bridgehead atoms. The van der Waals surface area contributed by atoms with Crippen LogP contribution in [0.15, 0.2) is 36.4 Å². The lowest BCUT2D eigenvalue weighted by Crippen LogP contribution is -2.50. The molecule has 28 heavy (non-hydrogen) atoms. The van der Waals surface area contributed by atoms with Crippen molar-refractivity contribution < 1.29 is 14.4 Å². The highest BCUT2D eigenvalue weighted by Gasteiger charge is 2.31. The second-order valence-corrected chi connectivity index (χ2v) is 7.08. The third-order valence-corrected chi connectivity index (χ3v) is 5.19. The number of nitrogens with one attached hydrogen (secondary N) is 1. The van der Waals surface area contributed by atoms with E-state index in [-0.39, 0.29) is 23.6 Å². The molecule has 1 atom stereocenters. The maximum Gasteiger partial charge on any atom is 0.244 e. The lowest BCUT2D eigenvalue weighted by Gasteiger charge is -2.35. The molecule has 3 amide bonds. The van der Waals surface area contributed by atoms with Gasteiger partial charge in [-0.3, -0.25) is 14.4 Å². The van der Waals surface area contributed by atoms with Crippen molar-refractivity contribution in [2.75, 3.05) is 26.2 Å². The third-order valence-electron chi connectivity index (χ3n) is 5.19. The molecule has 1 aromatic carbocycles. The Labute approximate surface area is 167 Å². The van der Waals surface area contributed by atoms with Gasteiger partial charge in [0.15, 0.2) is 0 Å². The Kier molecular flexibility index (Phi) is 8.23. The molecule has 1 heterocycles. The number of hydrogen-bond acceptors (Lipinski definition) is 3. The van der Waals surface area contributed by atoms with Crippen LogP contribution in [0.2, 0.25) is 0 Å². The van der Waals surface area contributed by atoms with Crippen LogP contribution in [-0.4, -0.2) is 59.7 Å². The number of rotatable bonds is 7. The Morgan fingerprint density at radius 2 is 1.75 bits per heavy atom. The Bertz CT molecular complexity index is 690. The van der Waals surface area contributed by atoms with Crippen molar-refractivity contribution in [1.82, 2.24) is 15.1 Å². The van der Waals surface area contributed by atoms with E-state index in [2.05, 4.69) is 5.32 Å². The molecule has 1 fully saturated rings. The molecule has 1 saturated heterocycles. The van der Waals surface area contributed by atoms with Crippen LogP contribution in [0.1, 0.15) is 39.2 Å². The van der Waals surface area contributed by atoms with Crippen molar-refractivity contribution in [3.63, 3.8) is 0 Å². The van der Waals surface area contributed by atoms with Crippen LogP contribution in [-0.2, 0) is 14.4 Å². The van der Waals surface area contributed by atoms with E-state index in [0.717, 1.165) is 5.56 Å². The van der Waals surface area contributed by atoms with Gasteiger partial charge in [-0.1, -0.05) is 30.3 Å². The topological polar surface area (TPSA) is 69.7 Å². The average molecular weight is 386 g/mol. The Morgan fingerprint density at radius 3 is 2.32 bits per heavy atom. The zero-order chi connectivity index (χ0) is 20.5. The fourth-order valence-corrected chi connectivity index (χ4v) is 3.47. The molecule has 1 unspecified atom stereocenters. The van der Waals surface area contributed by atoms with Crippen molar-refractivity contribution in [3.05, 3.63) is 42.0 Å². The van der Waals surface area contributed by atoms with Gasteiger partial charge in [0.25, 0.3) is 0 Å². The van der Waals surface area contributed by atoms with E-state index in [1.165, 1.54) is 6.08 Å². The first-order chi connectivity index (χ1) is 13.5. The maximum atomic E-state index is 12.6. The number of amides is 3. The van der Waals surface area contributed by atoms with Crippen molar-refractivity contribution >= 4 is 23.8 Å². The molecule has 1 aliphatic heterocycles. The van der Waals surface area contributed by atoms with E-state index in [1.54, 1.807) is 17.9 Å². The summed E-state index contributed by atoms with van der Waals surface area (Å²) in [6.07, 6.45) is 4.51. The number of hydrogen-bond donors (Lipinski definition) is 1. The summed E-state index contributed by atoms with van der Waals surface area (Å²) in [6, 6.07) is 8.93. The van der Waals surface area contributed by atoms with Crippen molar-refractivity contribution in [3.8, 4) is 0 Å². The summed E-state index contributed by atoms with van der Waals surface area (Å²) in [6.45, 7) is 8.20. The lowest BCUT2D eigenvalue weighted by atomic mass is 9.95. The smallest absolute Gasteiger partial charge is 0.244 e. The summed E-state index contributed by atoms with van der Waals surface area (Å²) in [5.41, 5.74) is 0.927. The van der Waals surface area contributed by atoms with Gasteiger partial charge in [0.05, 0.1) is 0 Å². The van der Waals surface area contributed by atoms with Crippen molar-refractivity contribution in [2.45, 2.75) is 39.7 Å². The average Bonchev–Trinajstić information content (AvgIpc) is 2.73. The molecule has 0 radical (unpaired) electrons. The largest absolute Gasteiger partial charge is 0.343 e. The van der Waals surface area contributed by atoms with Crippen LogP contribution in [0, 0.1) is 5.92 Å². The van der Waals surface area contributed by atoms with Crippen LogP contribution in [0.25, 0.3) is 6.08 Å². The van der Waals surface area contributed by atoms with Gasteiger partial charge >= 0.3 is 0 Å². The summed E-state index contributed by atoms with van der Waals surface area (Å²) in [4.78, 5) is 40.8. The highest BCUT2D eigenvalue weighted by molar-refractivity contribution is 5.95. The van der Waals surface area contributed by atoms with E-state index in [1.807, 2.05) is 49.1 Å². The molecule has 0 spiro atoms. The fraction of sp³-hybridized carbons (Fsp3) is 0.500. The normalized spacial score (nSPS) is 16.0. The molecule has 6 heteroatoms. The minimum atomic E-state index is -0.594. The zero-order valence-corrected chi connectivity index (χ0v) is 17.1. The predicted octanol–water partition coefficient (Wildman–Crippen LogP) is 2.31. The molecule has 1 N–H and O–H groups in total. The van der Waals surface area contributed by atoms with E-state index >= 15 is 0 Å². The maximum absolute atomic E-state index is 12.6. The number of likely N-dealkylation sites (tertiary alicyclic amines) is 1. The summed E-state index contributed by atoms with van der Waals surface area (Å²) in [5, 5.41) is 2.73. The van der Waals surface area contributed by atoms with Gasteiger partial charge in [0.2, 0.25) is 17.7 Å². The molecule has 1 aliphatic rings. The highest BCUT2D eigenvalue weighted by Crippen LogP contribution is 2.20. The Hall–Kier alpha value is -2.63. The molecule has 0 aliphatic carbocycles.